The summed E-state index contributed by atoms with van der Waals surface area (Å²) >= 11 is 0. The monoisotopic (exact) mass is 232 g/mol. The van der Waals surface area contributed by atoms with Crippen LogP contribution in [0.3, 0.4) is 0 Å². The maximum Gasteiger partial charge on any atom is 0.211 e. The molecule has 1 aliphatic heterocycles. The molecule has 1 aliphatic rings. The molecule has 3 heterocycles. The molecule has 17 heavy (non-hydrogen) atoms. The van der Waals surface area contributed by atoms with Crippen molar-refractivity contribution in [1.82, 2.24) is 20.2 Å². The van der Waals surface area contributed by atoms with Crippen molar-refractivity contribution >= 4 is 11.2 Å². The smallest absolute Gasteiger partial charge is 0.211 e. The minimum atomic E-state index is 0.718. The Hall–Kier alpha value is -1.46. The van der Waals surface area contributed by atoms with E-state index in [0.29, 0.717) is 0 Å². The molecule has 90 valence electrons. The predicted octanol–water partition coefficient (Wildman–Crippen LogP) is 0.936. The molecule has 2 aromatic rings. The van der Waals surface area contributed by atoms with Gasteiger partial charge in [0, 0.05) is 31.9 Å². The van der Waals surface area contributed by atoms with Crippen molar-refractivity contribution in [3.8, 4) is 0 Å². The number of hydrogen-bond acceptors (Lipinski definition) is 5. The number of fused-ring (bicyclic) bond motifs is 1. The zero-order valence-corrected chi connectivity index (χ0v) is 9.94. The van der Waals surface area contributed by atoms with Crippen molar-refractivity contribution in [3.63, 3.8) is 0 Å². The zero-order chi connectivity index (χ0) is 11.7. The Morgan fingerprint density at radius 2 is 2.12 bits per heavy atom. The van der Waals surface area contributed by atoms with Crippen LogP contribution in [-0.4, -0.2) is 41.0 Å². The van der Waals surface area contributed by atoms with Crippen LogP contribution in [0.15, 0.2) is 16.5 Å². The van der Waals surface area contributed by atoms with Crippen LogP contribution in [0.25, 0.3) is 11.2 Å². The number of rotatable bonds is 2. The highest BCUT2D eigenvalue weighted by molar-refractivity contribution is 5.67. The van der Waals surface area contributed by atoms with E-state index in [1.165, 1.54) is 0 Å². The summed E-state index contributed by atoms with van der Waals surface area (Å²) in [5.74, 6) is 0.764. The first-order valence-corrected chi connectivity index (χ1v) is 5.97. The molecule has 1 N–H and O–H groups in total. The largest absolute Gasteiger partial charge is 0.438 e. The molecular formula is C12H16N4O. The van der Waals surface area contributed by atoms with E-state index in [4.69, 9.17) is 4.42 Å². The van der Waals surface area contributed by atoms with Gasteiger partial charge in [0.25, 0.3) is 0 Å². The first kappa shape index (κ1) is 10.7. The molecule has 0 aromatic carbocycles. The van der Waals surface area contributed by atoms with Crippen LogP contribution in [0.4, 0.5) is 0 Å². The highest BCUT2D eigenvalue weighted by Crippen LogP contribution is 2.15. The third-order valence-corrected chi connectivity index (χ3v) is 3.01. The fourth-order valence-electron chi connectivity index (χ4n) is 2.09. The summed E-state index contributed by atoms with van der Waals surface area (Å²) in [6.45, 7) is 6.91. The van der Waals surface area contributed by atoms with Crippen molar-refractivity contribution in [1.29, 1.82) is 0 Å². The van der Waals surface area contributed by atoms with Crippen LogP contribution in [-0.2, 0) is 6.54 Å². The van der Waals surface area contributed by atoms with E-state index in [9.17, 15) is 0 Å². The molecule has 0 unspecified atom stereocenters. The first-order valence-electron chi connectivity index (χ1n) is 5.97. The molecule has 0 spiro atoms. The number of nitrogens with one attached hydrogen (secondary N) is 1. The number of hydrogen-bond donors (Lipinski definition) is 1. The number of aromatic nitrogens is 2. The molecule has 3 rings (SSSR count). The molecule has 5 heteroatoms. The van der Waals surface area contributed by atoms with Crippen molar-refractivity contribution in [3.05, 3.63) is 23.7 Å². The third kappa shape index (κ3) is 2.30. The molecule has 0 saturated carbocycles. The lowest BCUT2D eigenvalue weighted by Gasteiger charge is -2.25. The minimum Gasteiger partial charge on any atom is -0.438 e. The minimum absolute atomic E-state index is 0.718. The van der Waals surface area contributed by atoms with E-state index < -0.39 is 0 Å². The maximum absolute atomic E-state index is 5.69. The lowest BCUT2D eigenvalue weighted by Crippen LogP contribution is -2.42. The van der Waals surface area contributed by atoms with Gasteiger partial charge >= 0.3 is 0 Å². The van der Waals surface area contributed by atoms with Gasteiger partial charge in [-0.05, 0) is 19.1 Å². The summed E-state index contributed by atoms with van der Waals surface area (Å²) in [4.78, 5) is 11.1. The van der Waals surface area contributed by atoms with E-state index in [0.717, 1.165) is 55.5 Å². The molecule has 2 aromatic heterocycles. The Morgan fingerprint density at radius 1 is 1.29 bits per heavy atom. The SMILES string of the molecule is Cc1ccc2oc(CN3CCNCC3)nc2n1. The summed E-state index contributed by atoms with van der Waals surface area (Å²) in [6.07, 6.45) is 0. The fraction of sp³-hybridized carbons (Fsp3) is 0.500. The number of piperazine rings is 1. The average Bonchev–Trinajstić information content (AvgIpc) is 2.71. The van der Waals surface area contributed by atoms with E-state index in [2.05, 4.69) is 20.2 Å². The number of aryl methyl sites for hydroxylation is 1. The maximum atomic E-state index is 5.69. The van der Waals surface area contributed by atoms with Gasteiger partial charge in [0.05, 0.1) is 6.54 Å². The molecule has 0 amide bonds. The second-order valence-electron chi connectivity index (χ2n) is 4.41. The lowest BCUT2D eigenvalue weighted by atomic mass is 10.3. The normalized spacial score (nSPS) is 17.7. The number of nitrogens with zero attached hydrogens (tertiary/aromatic N) is 3. The fourth-order valence-corrected chi connectivity index (χ4v) is 2.09. The average molecular weight is 232 g/mol. The van der Waals surface area contributed by atoms with Gasteiger partial charge in [-0.25, -0.2) is 4.98 Å². The molecule has 0 atom stereocenters. The zero-order valence-electron chi connectivity index (χ0n) is 9.94. The molecule has 0 bridgehead atoms. The van der Waals surface area contributed by atoms with Gasteiger partial charge in [0.2, 0.25) is 5.89 Å². The predicted molar refractivity (Wildman–Crippen MR) is 64.7 cm³/mol. The van der Waals surface area contributed by atoms with E-state index >= 15 is 0 Å². The summed E-state index contributed by atoms with van der Waals surface area (Å²) in [5, 5.41) is 3.33. The highest BCUT2D eigenvalue weighted by Gasteiger charge is 2.14. The Morgan fingerprint density at radius 3 is 2.94 bits per heavy atom. The van der Waals surface area contributed by atoms with Crippen molar-refractivity contribution in [2.45, 2.75) is 13.5 Å². The van der Waals surface area contributed by atoms with Gasteiger partial charge in [-0.15, -0.1) is 0 Å². The van der Waals surface area contributed by atoms with Crippen LogP contribution < -0.4 is 5.32 Å². The van der Waals surface area contributed by atoms with Gasteiger partial charge < -0.3 is 9.73 Å². The van der Waals surface area contributed by atoms with Crippen LogP contribution in [0, 0.1) is 6.92 Å². The van der Waals surface area contributed by atoms with Gasteiger partial charge in [-0.2, -0.15) is 4.98 Å². The van der Waals surface area contributed by atoms with Gasteiger partial charge in [0.1, 0.15) is 0 Å². The van der Waals surface area contributed by atoms with Crippen LogP contribution in [0.1, 0.15) is 11.6 Å². The van der Waals surface area contributed by atoms with E-state index in [-0.39, 0.29) is 0 Å². The summed E-state index contributed by atoms with van der Waals surface area (Å²) in [6, 6.07) is 3.88. The summed E-state index contributed by atoms with van der Waals surface area (Å²) in [5.41, 5.74) is 2.47. The third-order valence-electron chi connectivity index (χ3n) is 3.01. The molecular weight excluding hydrogens is 216 g/mol. The van der Waals surface area contributed by atoms with Crippen molar-refractivity contribution < 1.29 is 4.42 Å². The van der Waals surface area contributed by atoms with E-state index in [1.54, 1.807) is 0 Å². The lowest BCUT2D eigenvalue weighted by molar-refractivity contribution is 0.214. The molecule has 1 fully saturated rings. The van der Waals surface area contributed by atoms with Crippen LogP contribution >= 0.6 is 0 Å². The van der Waals surface area contributed by atoms with Crippen LogP contribution in [0.5, 0.6) is 0 Å². The second-order valence-corrected chi connectivity index (χ2v) is 4.41. The Labute approximate surface area is 99.8 Å². The number of pyridine rings is 1. The second kappa shape index (κ2) is 4.43. The molecule has 1 saturated heterocycles. The van der Waals surface area contributed by atoms with Gasteiger partial charge in [0.15, 0.2) is 11.2 Å². The Kier molecular flexibility index (Phi) is 2.78. The van der Waals surface area contributed by atoms with Gasteiger partial charge in [-0.1, -0.05) is 0 Å². The highest BCUT2D eigenvalue weighted by atomic mass is 16.3. The summed E-state index contributed by atoms with van der Waals surface area (Å²) < 4.78 is 5.69. The Balaban J connectivity index is 1.80. The number of oxazole rings is 1. The molecule has 0 aliphatic carbocycles. The van der Waals surface area contributed by atoms with Crippen molar-refractivity contribution in [2.75, 3.05) is 26.2 Å². The van der Waals surface area contributed by atoms with E-state index in [1.807, 2.05) is 19.1 Å². The molecule has 5 nitrogen and oxygen atoms in total. The first-order chi connectivity index (χ1) is 8.31. The standard InChI is InChI=1S/C12H16N4O/c1-9-2-3-10-12(14-9)15-11(17-10)8-16-6-4-13-5-7-16/h2-3,13H,4-8H2,1H3. The topological polar surface area (TPSA) is 54.2 Å². The summed E-state index contributed by atoms with van der Waals surface area (Å²) in [7, 11) is 0. The van der Waals surface area contributed by atoms with Gasteiger partial charge in [-0.3, -0.25) is 4.90 Å². The Bertz CT molecular complexity index is 516. The molecule has 0 radical (unpaired) electrons. The van der Waals surface area contributed by atoms with Crippen molar-refractivity contribution in [2.24, 2.45) is 0 Å². The quantitative estimate of drug-likeness (QED) is 0.835. The van der Waals surface area contributed by atoms with Crippen LogP contribution in [0.2, 0.25) is 0 Å².